The number of aryl methyl sites for hydroxylation is 1. The summed E-state index contributed by atoms with van der Waals surface area (Å²) in [5.74, 6) is -0.0985. The van der Waals surface area contributed by atoms with Crippen molar-refractivity contribution in [2.24, 2.45) is 5.41 Å². The first kappa shape index (κ1) is 23.4. The second-order valence-corrected chi connectivity index (χ2v) is 8.02. The Morgan fingerprint density at radius 3 is 2.47 bits per heavy atom. The van der Waals surface area contributed by atoms with Gasteiger partial charge in [0.05, 0.1) is 34.3 Å². The Balaban J connectivity index is 2.35. The van der Waals surface area contributed by atoms with Crippen molar-refractivity contribution in [2.45, 2.75) is 60.4 Å². The number of amides is 1. The van der Waals surface area contributed by atoms with Gasteiger partial charge < -0.3 is 20.5 Å². The van der Waals surface area contributed by atoms with E-state index in [0.29, 0.717) is 22.3 Å². The molecule has 7 heteroatoms. The predicted octanol–water partition coefficient (Wildman–Crippen LogP) is 4.01. The number of anilines is 1. The van der Waals surface area contributed by atoms with Crippen molar-refractivity contribution in [3.05, 3.63) is 29.5 Å². The van der Waals surface area contributed by atoms with Crippen LogP contribution >= 0.6 is 0 Å². The van der Waals surface area contributed by atoms with E-state index in [1.54, 1.807) is 19.9 Å². The fraction of sp³-hybridized carbons (Fsp3) is 0.522. The van der Waals surface area contributed by atoms with Crippen molar-refractivity contribution in [1.29, 1.82) is 0 Å². The highest BCUT2D eigenvalue weighted by Crippen LogP contribution is 2.34. The second-order valence-electron chi connectivity index (χ2n) is 8.02. The number of hydrogen-bond donors (Lipinski definition) is 2. The first-order chi connectivity index (χ1) is 14.2. The molecule has 0 fully saturated rings. The number of hydrogen-bond acceptors (Lipinski definition) is 6. The quantitative estimate of drug-likeness (QED) is 0.600. The van der Waals surface area contributed by atoms with Gasteiger partial charge in [-0.3, -0.25) is 9.78 Å². The zero-order valence-electron chi connectivity index (χ0n) is 18.8. The highest BCUT2D eigenvalue weighted by Gasteiger charge is 2.30. The standard InChI is InChI=1S/C23H33N3O4/c1-7-15(8-2)26-22(28)23(5,6)13-30-17-12-10-11-16-19(17)20(24)18(14(4)25-16)21(27)29-9-3/h10-12,15H,7-9,13H2,1-6H3,(H2,24,25)(H,26,28). The van der Waals surface area contributed by atoms with Crippen LogP contribution in [0.2, 0.25) is 0 Å². The molecule has 0 aliphatic heterocycles. The van der Waals surface area contributed by atoms with Crippen molar-refractivity contribution in [1.82, 2.24) is 10.3 Å². The third-order valence-electron chi connectivity index (χ3n) is 5.20. The van der Waals surface area contributed by atoms with Crippen LogP contribution in [0, 0.1) is 12.3 Å². The van der Waals surface area contributed by atoms with Crippen LogP contribution in [0.1, 0.15) is 63.5 Å². The summed E-state index contributed by atoms with van der Waals surface area (Å²) in [5.41, 5.74) is 7.24. The Hall–Kier alpha value is -2.83. The lowest BCUT2D eigenvalue weighted by atomic mass is 9.92. The Kier molecular flexibility index (Phi) is 7.65. The number of fused-ring (bicyclic) bond motifs is 1. The van der Waals surface area contributed by atoms with Crippen LogP contribution in [0.3, 0.4) is 0 Å². The lowest BCUT2D eigenvalue weighted by molar-refractivity contribution is -0.131. The smallest absolute Gasteiger partial charge is 0.342 e. The zero-order chi connectivity index (χ0) is 22.5. The van der Waals surface area contributed by atoms with Gasteiger partial charge in [-0.15, -0.1) is 0 Å². The molecule has 2 aromatic rings. The number of nitrogen functional groups attached to an aromatic ring is 1. The molecule has 0 radical (unpaired) electrons. The number of esters is 1. The number of nitrogens with two attached hydrogens (primary N) is 1. The normalized spacial score (nSPS) is 11.6. The third kappa shape index (κ3) is 5.01. The number of nitrogens with zero attached hydrogens (tertiary/aromatic N) is 1. The Labute approximate surface area is 178 Å². The molecule has 1 amide bonds. The number of benzene rings is 1. The molecule has 0 bridgehead atoms. The van der Waals surface area contributed by atoms with Gasteiger partial charge in [0.25, 0.3) is 0 Å². The highest BCUT2D eigenvalue weighted by molar-refractivity contribution is 6.07. The van der Waals surface area contributed by atoms with Crippen molar-refractivity contribution >= 4 is 28.5 Å². The number of carbonyl (C=O) groups is 2. The number of ether oxygens (including phenoxy) is 2. The van der Waals surface area contributed by atoms with E-state index >= 15 is 0 Å². The molecule has 0 unspecified atom stereocenters. The van der Waals surface area contributed by atoms with E-state index in [4.69, 9.17) is 15.2 Å². The van der Waals surface area contributed by atoms with E-state index in [1.807, 2.05) is 39.8 Å². The maximum absolute atomic E-state index is 12.7. The minimum atomic E-state index is -0.748. The van der Waals surface area contributed by atoms with Gasteiger partial charge in [0.2, 0.25) is 5.91 Å². The van der Waals surface area contributed by atoms with Gasteiger partial charge >= 0.3 is 5.97 Å². The minimum absolute atomic E-state index is 0.0643. The van der Waals surface area contributed by atoms with E-state index in [9.17, 15) is 9.59 Å². The molecule has 0 atom stereocenters. The molecule has 1 heterocycles. The molecule has 1 aromatic heterocycles. The van der Waals surface area contributed by atoms with E-state index in [2.05, 4.69) is 10.3 Å². The SMILES string of the molecule is CCOC(=O)c1c(C)nc2cccc(OCC(C)(C)C(=O)NC(CC)CC)c2c1N. The van der Waals surface area contributed by atoms with Gasteiger partial charge in [0.1, 0.15) is 17.9 Å². The molecule has 0 aliphatic rings. The second kappa shape index (κ2) is 9.78. The molecule has 0 spiro atoms. The Bertz CT molecular complexity index is 920. The molecule has 2 rings (SSSR count). The van der Waals surface area contributed by atoms with Crippen LogP contribution in [0.15, 0.2) is 18.2 Å². The van der Waals surface area contributed by atoms with E-state index < -0.39 is 11.4 Å². The van der Waals surface area contributed by atoms with Crippen LogP contribution in [-0.2, 0) is 9.53 Å². The summed E-state index contributed by atoms with van der Waals surface area (Å²) >= 11 is 0. The molecule has 30 heavy (non-hydrogen) atoms. The zero-order valence-corrected chi connectivity index (χ0v) is 18.8. The van der Waals surface area contributed by atoms with Gasteiger partial charge in [-0.05, 0) is 52.7 Å². The van der Waals surface area contributed by atoms with Crippen molar-refractivity contribution in [3.63, 3.8) is 0 Å². The molecular formula is C23H33N3O4. The lowest BCUT2D eigenvalue weighted by Gasteiger charge is -2.27. The number of aromatic nitrogens is 1. The number of rotatable bonds is 9. The molecule has 0 aliphatic carbocycles. The van der Waals surface area contributed by atoms with Crippen LogP contribution in [0.5, 0.6) is 5.75 Å². The highest BCUT2D eigenvalue weighted by atomic mass is 16.5. The van der Waals surface area contributed by atoms with Crippen LogP contribution < -0.4 is 15.8 Å². The van der Waals surface area contributed by atoms with Crippen molar-refractivity contribution in [2.75, 3.05) is 18.9 Å². The monoisotopic (exact) mass is 415 g/mol. The topological polar surface area (TPSA) is 104 Å². The lowest BCUT2D eigenvalue weighted by Crippen LogP contribution is -2.45. The maximum atomic E-state index is 12.7. The van der Waals surface area contributed by atoms with Crippen molar-refractivity contribution in [3.8, 4) is 5.75 Å². The maximum Gasteiger partial charge on any atom is 0.342 e. The van der Waals surface area contributed by atoms with Gasteiger partial charge in [0, 0.05) is 6.04 Å². The van der Waals surface area contributed by atoms with E-state index in [-0.39, 0.29) is 36.4 Å². The molecule has 164 valence electrons. The van der Waals surface area contributed by atoms with Crippen LogP contribution in [-0.4, -0.2) is 36.1 Å². The van der Waals surface area contributed by atoms with Gasteiger partial charge in [-0.2, -0.15) is 0 Å². The predicted molar refractivity (Wildman–Crippen MR) is 119 cm³/mol. The Morgan fingerprint density at radius 2 is 1.87 bits per heavy atom. The first-order valence-corrected chi connectivity index (χ1v) is 10.5. The third-order valence-corrected chi connectivity index (χ3v) is 5.20. The molecule has 0 saturated heterocycles. The molecule has 3 N–H and O–H groups in total. The minimum Gasteiger partial charge on any atom is -0.492 e. The summed E-state index contributed by atoms with van der Waals surface area (Å²) in [7, 11) is 0. The molecule has 0 saturated carbocycles. The average Bonchev–Trinajstić information content (AvgIpc) is 2.70. The summed E-state index contributed by atoms with van der Waals surface area (Å²) in [6.45, 7) is 11.6. The van der Waals surface area contributed by atoms with Crippen molar-refractivity contribution < 1.29 is 19.1 Å². The number of carbonyl (C=O) groups excluding carboxylic acids is 2. The summed E-state index contributed by atoms with van der Waals surface area (Å²) < 4.78 is 11.2. The van der Waals surface area contributed by atoms with Gasteiger partial charge in [0.15, 0.2) is 0 Å². The van der Waals surface area contributed by atoms with Gasteiger partial charge in [-0.25, -0.2) is 4.79 Å². The summed E-state index contributed by atoms with van der Waals surface area (Å²) in [4.78, 5) is 29.6. The average molecular weight is 416 g/mol. The summed E-state index contributed by atoms with van der Waals surface area (Å²) in [5, 5.41) is 3.61. The fourth-order valence-electron chi connectivity index (χ4n) is 3.22. The molecular weight excluding hydrogens is 382 g/mol. The first-order valence-electron chi connectivity index (χ1n) is 10.5. The Morgan fingerprint density at radius 1 is 1.20 bits per heavy atom. The van der Waals surface area contributed by atoms with E-state index in [1.165, 1.54) is 0 Å². The molecule has 7 nitrogen and oxygen atoms in total. The largest absolute Gasteiger partial charge is 0.492 e. The molecule has 1 aromatic carbocycles. The van der Waals surface area contributed by atoms with Crippen LogP contribution in [0.4, 0.5) is 5.69 Å². The van der Waals surface area contributed by atoms with E-state index in [0.717, 1.165) is 12.8 Å². The number of nitrogens with one attached hydrogen (secondary N) is 1. The fourth-order valence-corrected chi connectivity index (χ4v) is 3.22. The van der Waals surface area contributed by atoms with Gasteiger partial charge in [-0.1, -0.05) is 19.9 Å². The number of pyridine rings is 1. The summed E-state index contributed by atoms with van der Waals surface area (Å²) in [6, 6.07) is 5.53. The summed E-state index contributed by atoms with van der Waals surface area (Å²) in [6.07, 6.45) is 1.75. The van der Waals surface area contributed by atoms with Crippen LogP contribution in [0.25, 0.3) is 10.9 Å².